The average molecular weight is 283 g/mol. The molecule has 0 aromatic carbocycles. The van der Waals surface area contributed by atoms with Gasteiger partial charge in [0.05, 0.1) is 6.17 Å². The normalized spacial score (nSPS) is 29.3. The highest BCUT2D eigenvalue weighted by Crippen LogP contribution is 2.25. The zero-order valence-corrected chi connectivity index (χ0v) is 13.1. The minimum Gasteiger partial charge on any atom is -0.444 e. The van der Waals surface area contributed by atoms with Crippen molar-refractivity contribution in [2.24, 2.45) is 5.73 Å². The van der Waals surface area contributed by atoms with Gasteiger partial charge in [0, 0.05) is 25.7 Å². The molecule has 0 saturated carbocycles. The molecule has 2 saturated heterocycles. The molecule has 0 aromatic rings. The molecule has 2 rings (SSSR count). The Morgan fingerprint density at radius 2 is 1.80 bits per heavy atom. The van der Waals surface area contributed by atoms with E-state index >= 15 is 0 Å². The molecular formula is C15H29N3O2. The summed E-state index contributed by atoms with van der Waals surface area (Å²) < 4.78 is 5.55. The summed E-state index contributed by atoms with van der Waals surface area (Å²) in [5, 5.41) is 0. The highest BCUT2D eigenvalue weighted by Gasteiger charge is 2.36. The van der Waals surface area contributed by atoms with E-state index in [1.807, 2.05) is 25.7 Å². The van der Waals surface area contributed by atoms with Crippen LogP contribution in [-0.4, -0.2) is 53.3 Å². The molecule has 1 amide bonds. The van der Waals surface area contributed by atoms with Gasteiger partial charge in [-0.1, -0.05) is 6.42 Å². The van der Waals surface area contributed by atoms with Crippen LogP contribution in [0.25, 0.3) is 0 Å². The van der Waals surface area contributed by atoms with Crippen molar-refractivity contribution in [1.82, 2.24) is 9.80 Å². The number of hydrogen-bond acceptors (Lipinski definition) is 4. The Kier molecular flexibility index (Phi) is 4.91. The molecule has 0 aromatic heterocycles. The number of carbonyl (C=O) groups excluding carboxylic acids is 1. The summed E-state index contributed by atoms with van der Waals surface area (Å²) in [7, 11) is 0. The molecule has 0 aliphatic carbocycles. The van der Waals surface area contributed by atoms with Gasteiger partial charge in [-0.15, -0.1) is 0 Å². The van der Waals surface area contributed by atoms with Crippen molar-refractivity contribution in [3.8, 4) is 0 Å². The molecule has 116 valence electrons. The van der Waals surface area contributed by atoms with E-state index in [1.54, 1.807) is 0 Å². The van der Waals surface area contributed by atoms with Crippen molar-refractivity contribution in [1.29, 1.82) is 0 Å². The summed E-state index contributed by atoms with van der Waals surface area (Å²) in [5.74, 6) is 0. The van der Waals surface area contributed by atoms with E-state index in [9.17, 15) is 4.79 Å². The van der Waals surface area contributed by atoms with E-state index in [1.165, 1.54) is 19.3 Å². The Balaban J connectivity index is 2.05. The third kappa shape index (κ3) is 4.09. The molecular weight excluding hydrogens is 254 g/mol. The van der Waals surface area contributed by atoms with Gasteiger partial charge in [-0.25, -0.2) is 4.79 Å². The molecule has 2 atom stereocenters. The lowest BCUT2D eigenvalue weighted by Crippen LogP contribution is -2.58. The third-order valence-electron chi connectivity index (χ3n) is 4.05. The topological polar surface area (TPSA) is 58.8 Å². The van der Waals surface area contributed by atoms with Gasteiger partial charge < -0.3 is 10.5 Å². The number of likely N-dealkylation sites (tertiary alicyclic amines) is 2. The largest absolute Gasteiger partial charge is 0.444 e. The molecule has 0 radical (unpaired) electrons. The number of ether oxygens (including phenoxy) is 1. The van der Waals surface area contributed by atoms with E-state index in [-0.39, 0.29) is 18.3 Å². The van der Waals surface area contributed by atoms with Crippen LogP contribution < -0.4 is 5.73 Å². The maximum absolute atomic E-state index is 12.4. The van der Waals surface area contributed by atoms with Gasteiger partial charge in [0.15, 0.2) is 0 Å². The van der Waals surface area contributed by atoms with Crippen molar-refractivity contribution in [3.05, 3.63) is 0 Å². The number of nitrogens with zero attached hydrogens (tertiary/aromatic N) is 2. The number of rotatable bonds is 1. The zero-order valence-electron chi connectivity index (χ0n) is 13.1. The Morgan fingerprint density at radius 1 is 1.15 bits per heavy atom. The fraction of sp³-hybridized carbons (Fsp3) is 0.933. The van der Waals surface area contributed by atoms with Crippen LogP contribution in [-0.2, 0) is 4.74 Å². The number of amides is 1. The van der Waals surface area contributed by atoms with Crippen molar-refractivity contribution in [2.45, 2.75) is 70.7 Å². The van der Waals surface area contributed by atoms with Crippen molar-refractivity contribution in [2.75, 3.05) is 19.6 Å². The maximum Gasteiger partial charge on any atom is 0.411 e. The van der Waals surface area contributed by atoms with E-state index in [4.69, 9.17) is 10.5 Å². The molecule has 0 bridgehead atoms. The molecule has 2 heterocycles. The lowest BCUT2D eigenvalue weighted by atomic mass is 10.00. The fourth-order valence-corrected chi connectivity index (χ4v) is 3.07. The van der Waals surface area contributed by atoms with Crippen molar-refractivity contribution >= 4 is 6.09 Å². The summed E-state index contributed by atoms with van der Waals surface area (Å²) in [5.41, 5.74) is 5.67. The predicted octanol–water partition coefficient (Wildman–Crippen LogP) is 2.16. The summed E-state index contributed by atoms with van der Waals surface area (Å²) in [4.78, 5) is 16.7. The van der Waals surface area contributed by atoms with Gasteiger partial charge >= 0.3 is 6.09 Å². The predicted molar refractivity (Wildman–Crippen MR) is 79.4 cm³/mol. The van der Waals surface area contributed by atoms with Crippen LogP contribution in [0.3, 0.4) is 0 Å². The maximum atomic E-state index is 12.4. The number of piperidine rings is 2. The second-order valence-electron chi connectivity index (χ2n) is 7.04. The Hall–Kier alpha value is -0.810. The van der Waals surface area contributed by atoms with E-state index < -0.39 is 5.60 Å². The first kappa shape index (κ1) is 15.6. The highest BCUT2D eigenvalue weighted by atomic mass is 16.6. The Morgan fingerprint density at radius 3 is 2.40 bits per heavy atom. The summed E-state index contributed by atoms with van der Waals surface area (Å²) >= 11 is 0. The van der Waals surface area contributed by atoms with Crippen molar-refractivity contribution < 1.29 is 9.53 Å². The van der Waals surface area contributed by atoms with E-state index in [0.29, 0.717) is 6.54 Å². The second-order valence-corrected chi connectivity index (χ2v) is 7.04. The molecule has 0 spiro atoms. The molecule has 2 aliphatic heterocycles. The molecule has 5 nitrogen and oxygen atoms in total. The monoisotopic (exact) mass is 283 g/mol. The molecule has 20 heavy (non-hydrogen) atoms. The molecule has 2 aliphatic rings. The van der Waals surface area contributed by atoms with Crippen LogP contribution in [0.4, 0.5) is 4.79 Å². The number of hydrogen-bond donors (Lipinski definition) is 1. The van der Waals surface area contributed by atoms with Crippen LogP contribution in [0.1, 0.15) is 52.9 Å². The van der Waals surface area contributed by atoms with Crippen LogP contribution in [0, 0.1) is 0 Å². The Bertz CT molecular complexity index is 335. The van der Waals surface area contributed by atoms with Crippen LogP contribution in [0.15, 0.2) is 0 Å². The molecule has 2 unspecified atom stereocenters. The second kappa shape index (κ2) is 6.31. The van der Waals surface area contributed by atoms with Gasteiger partial charge in [-0.05, 0) is 46.5 Å². The first-order chi connectivity index (χ1) is 9.37. The molecule has 5 heteroatoms. The standard InChI is InChI=1S/C15H29N3O2/c1-15(2,3)20-14(19)18-10-7-12(16)11-13(18)17-8-5-4-6-9-17/h12-13H,4-11,16H2,1-3H3. The minimum absolute atomic E-state index is 0.119. The van der Waals surface area contributed by atoms with E-state index in [0.717, 1.165) is 25.9 Å². The van der Waals surface area contributed by atoms with E-state index in [2.05, 4.69) is 4.90 Å². The first-order valence-electron chi connectivity index (χ1n) is 7.86. The van der Waals surface area contributed by atoms with Gasteiger partial charge in [0.1, 0.15) is 5.60 Å². The van der Waals surface area contributed by atoms with Crippen LogP contribution >= 0.6 is 0 Å². The highest BCUT2D eigenvalue weighted by molar-refractivity contribution is 5.68. The Labute approximate surface area is 122 Å². The smallest absolute Gasteiger partial charge is 0.411 e. The zero-order chi connectivity index (χ0) is 14.8. The number of carbonyl (C=O) groups is 1. The quantitative estimate of drug-likeness (QED) is 0.801. The van der Waals surface area contributed by atoms with Crippen molar-refractivity contribution in [3.63, 3.8) is 0 Å². The number of nitrogens with two attached hydrogens (primary N) is 1. The minimum atomic E-state index is -0.441. The fourth-order valence-electron chi connectivity index (χ4n) is 3.07. The third-order valence-corrected chi connectivity index (χ3v) is 4.05. The van der Waals surface area contributed by atoms with Crippen LogP contribution in [0.2, 0.25) is 0 Å². The lowest BCUT2D eigenvalue weighted by molar-refractivity contribution is -0.0321. The van der Waals surface area contributed by atoms with Gasteiger partial charge in [-0.3, -0.25) is 9.80 Å². The summed E-state index contributed by atoms with van der Waals surface area (Å²) in [6.07, 6.45) is 5.38. The first-order valence-corrected chi connectivity index (χ1v) is 7.86. The van der Waals surface area contributed by atoms with Gasteiger partial charge in [-0.2, -0.15) is 0 Å². The lowest BCUT2D eigenvalue weighted by Gasteiger charge is -2.45. The molecule has 2 N–H and O–H groups in total. The average Bonchev–Trinajstić information content (AvgIpc) is 2.37. The van der Waals surface area contributed by atoms with Gasteiger partial charge in [0.2, 0.25) is 0 Å². The molecule has 2 fully saturated rings. The van der Waals surface area contributed by atoms with Crippen LogP contribution in [0.5, 0.6) is 0 Å². The summed E-state index contributed by atoms with van der Waals surface area (Å²) in [6, 6.07) is 0.195. The summed E-state index contributed by atoms with van der Waals surface area (Å²) in [6.45, 7) is 8.58. The SMILES string of the molecule is CC(C)(C)OC(=O)N1CCC(N)CC1N1CCCCC1. The van der Waals surface area contributed by atoms with Gasteiger partial charge in [0.25, 0.3) is 0 Å².